The van der Waals surface area contributed by atoms with Gasteiger partial charge in [-0.2, -0.15) is 0 Å². The van der Waals surface area contributed by atoms with Crippen molar-refractivity contribution in [1.82, 2.24) is 4.98 Å². The fraction of sp³-hybridized carbons (Fsp3) is 0.250. The summed E-state index contributed by atoms with van der Waals surface area (Å²) in [5.74, 6) is 1.64. The number of thiophene rings is 1. The van der Waals surface area contributed by atoms with Gasteiger partial charge in [0.25, 0.3) is 0 Å². The first-order valence-electron chi connectivity index (χ1n) is 5.09. The van der Waals surface area contributed by atoms with Crippen molar-refractivity contribution in [1.29, 1.82) is 0 Å². The number of nitrogens with one attached hydrogen (secondary N) is 1. The highest BCUT2D eigenvalue weighted by Crippen LogP contribution is 2.22. The summed E-state index contributed by atoms with van der Waals surface area (Å²) in [6, 6.07) is 8.27. The van der Waals surface area contributed by atoms with E-state index in [1.807, 2.05) is 12.1 Å². The maximum Gasteiger partial charge on any atom is 0.137 e. The molecule has 0 radical (unpaired) electrons. The number of nitrogens with zero attached hydrogens (tertiary/aromatic N) is 1. The third kappa shape index (κ3) is 2.52. The lowest BCUT2D eigenvalue weighted by molar-refractivity contribution is 0.413. The van der Waals surface area contributed by atoms with Crippen LogP contribution in [-0.4, -0.2) is 12.1 Å². The lowest BCUT2D eigenvalue weighted by Gasteiger charge is -2.12. The van der Waals surface area contributed by atoms with E-state index in [9.17, 15) is 0 Å². The van der Waals surface area contributed by atoms with Gasteiger partial charge in [0.15, 0.2) is 0 Å². The Bertz CT molecular complexity index is 425. The summed E-state index contributed by atoms with van der Waals surface area (Å²) in [5.41, 5.74) is 0. The largest absolute Gasteiger partial charge is 0.495 e. The molecular formula is C12H14N2OS. The summed E-state index contributed by atoms with van der Waals surface area (Å²) in [7, 11) is 1.64. The van der Waals surface area contributed by atoms with Gasteiger partial charge in [-0.25, -0.2) is 4.98 Å². The average molecular weight is 234 g/mol. The molecule has 0 aromatic carbocycles. The van der Waals surface area contributed by atoms with Crippen molar-refractivity contribution >= 4 is 17.2 Å². The molecule has 0 aliphatic heterocycles. The summed E-state index contributed by atoms with van der Waals surface area (Å²) >= 11 is 1.74. The van der Waals surface area contributed by atoms with Crippen molar-refractivity contribution in [3.8, 4) is 5.75 Å². The molecule has 16 heavy (non-hydrogen) atoms. The second kappa shape index (κ2) is 4.99. The number of hydrogen-bond donors (Lipinski definition) is 1. The third-order valence-electron chi connectivity index (χ3n) is 2.31. The van der Waals surface area contributed by atoms with Crippen molar-refractivity contribution in [2.24, 2.45) is 0 Å². The molecule has 0 saturated carbocycles. The lowest BCUT2D eigenvalue weighted by Crippen LogP contribution is -2.06. The molecule has 84 valence electrons. The summed E-state index contributed by atoms with van der Waals surface area (Å²) < 4.78 is 5.06. The normalized spacial score (nSPS) is 12.1. The van der Waals surface area contributed by atoms with E-state index in [4.69, 9.17) is 4.74 Å². The van der Waals surface area contributed by atoms with Crippen LogP contribution in [0.5, 0.6) is 5.75 Å². The zero-order chi connectivity index (χ0) is 11.4. The van der Waals surface area contributed by atoms with Gasteiger partial charge in [0, 0.05) is 4.88 Å². The number of rotatable bonds is 4. The lowest BCUT2D eigenvalue weighted by atomic mass is 10.3. The smallest absolute Gasteiger partial charge is 0.137 e. The van der Waals surface area contributed by atoms with Crippen molar-refractivity contribution in [2.45, 2.75) is 13.0 Å². The third-order valence-corrected chi connectivity index (χ3v) is 3.36. The van der Waals surface area contributed by atoms with Gasteiger partial charge in [-0.3, -0.25) is 0 Å². The Kier molecular flexibility index (Phi) is 3.41. The molecule has 2 aromatic heterocycles. The molecule has 3 nitrogen and oxygen atoms in total. The van der Waals surface area contributed by atoms with Crippen LogP contribution in [0.25, 0.3) is 0 Å². The van der Waals surface area contributed by atoms with Crippen LogP contribution in [0.15, 0.2) is 35.8 Å². The highest BCUT2D eigenvalue weighted by atomic mass is 32.1. The molecular weight excluding hydrogens is 220 g/mol. The predicted molar refractivity (Wildman–Crippen MR) is 67.1 cm³/mol. The Morgan fingerprint density at radius 3 is 2.81 bits per heavy atom. The Labute approximate surface area is 99.1 Å². The van der Waals surface area contributed by atoms with Gasteiger partial charge in [0.05, 0.1) is 19.3 Å². The summed E-state index contributed by atoms with van der Waals surface area (Å²) in [6.07, 6.45) is 1.71. The molecule has 0 aliphatic rings. The topological polar surface area (TPSA) is 34.1 Å². The van der Waals surface area contributed by atoms with E-state index >= 15 is 0 Å². The number of hydrogen-bond acceptors (Lipinski definition) is 4. The van der Waals surface area contributed by atoms with Gasteiger partial charge < -0.3 is 10.1 Å². The number of pyridine rings is 1. The molecule has 1 N–H and O–H groups in total. The molecule has 0 aliphatic carbocycles. The predicted octanol–water partition coefficient (Wildman–Crippen LogP) is 3.32. The fourth-order valence-corrected chi connectivity index (χ4v) is 2.15. The van der Waals surface area contributed by atoms with Gasteiger partial charge in [0.2, 0.25) is 0 Å². The zero-order valence-corrected chi connectivity index (χ0v) is 10.1. The second-order valence-corrected chi connectivity index (χ2v) is 4.44. The average Bonchev–Trinajstić information content (AvgIpc) is 2.83. The highest BCUT2D eigenvalue weighted by Gasteiger charge is 2.06. The molecule has 0 spiro atoms. The Morgan fingerprint density at radius 2 is 2.25 bits per heavy atom. The minimum Gasteiger partial charge on any atom is -0.495 e. The van der Waals surface area contributed by atoms with Gasteiger partial charge in [-0.15, -0.1) is 11.3 Å². The van der Waals surface area contributed by atoms with Gasteiger partial charge in [-0.05, 0) is 30.5 Å². The summed E-state index contributed by atoms with van der Waals surface area (Å²) in [4.78, 5) is 5.57. The Morgan fingerprint density at radius 1 is 1.38 bits per heavy atom. The van der Waals surface area contributed by atoms with Crippen LogP contribution in [0, 0.1) is 0 Å². The van der Waals surface area contributed by atoms with Crippen molar-refractivity contribution in [3.05, 3.63) is 40.7 Å². The second-order valence-electron chi connectivity index (χ2n) is 3.46. The number of methoxy groups -OCH3 is 1. The molecule has 0 fully saturated rings. The minimum absolute atomic E-state index is 0.279. The van der Waals surface area contributed by atoms with E-state index in [1.165, 1.54) is 4.88 Å². The maximum atomic E-state index is 5.06. The summed E-state index contributed by atoms with van der Waals surface area (Å²) in [6.45, 7) is 2.12. The van der Waals surface area contributed by atoms with Crippen LogP contribution in [0.3, 0.4) is 0 Å². The molecule has 1 atom stereocenters. The van der Waals surface area contributed by atoms with E-state index in [2.05, 4.69) is 34.7 Å². The van der Waals surface area contributed by atoms with Gasteiger partial charge in [-0.1, -0.05) is 6.07 Å². The molecule has 2 aromatic rings. The molecule has 0 saturated heterocycles. The van der Waals surface area contributed by atoms with Crippen molar-refractivity contribution in [2.75, 3.05) is 12.4 Å². The molecule has 2 heterocycles. The quantitative estimate of drug-likeness (QED) is 0.881. The summed E-state index contributed by atoms with van der Waals surface area (Å²) in [5, 5.41) is 5.42. The van der Waals surface area contributed by atoms with Crippen LogP contribution in [0.2, 0.25) is 0 Å². The molecule has 1 unspecified atom stereocenters. The van der Waals surface area contributed by atoms with Gasteiger partial charge in [0.1, 0.15) is 11.6 Å². The molecule has 0 bridgehead atoms. The molecule has 0 amide bonds. The van der Waals surface area contributed by atoms with E-state index in [0.29, 0.717) is 0 Å². The van der Waals surface area contributed by atoms with Gasteiger partial charge >= 0.3 is 0 Å². The first-order valence-corrected chi connectivity index (χ1v) is 5.97. The monoisotopic (exact) mass is 234 g/mol. The number of aromatic nitrogens is 1. The standard InChI is InChI=1S/C12H14N2OS/c1-9(11-4-3-7-16-11)14-12-6-5-10(15-2)8-13-12/h3-9H,1-2H3,(H,13,14). The Hall–Kier alpha value is -1.55. The first kappa shape index (κ1) is 11.0. The maximum absolute atomic E-state index is 5.06. The van der Waals surface area contributed by atoms with E-state index in [-0.39, 0.29) is 6.04 Å². The van der Waals surface area contributed by atoms with E-state index in [0.717, 1.165) is 11.6 Å². The SMILES string of the molecule is COc1ccc(NC(C)c2cccs2)nc1. The Balaban J connectivity index is 2.03. The highest BCUT2D eigenvalue weighted by molar-refractivity contribution is 7.10. The van der Waals surface area contributed by atoms with Crippen LogP contribution in [0.4, 0.5) is 5.82 Å². The van der Waals surface area contributed by atoms with Crippen LogP contribution in [0.1, 0.15) is 17.8 Å². The zero-order valence-electron chi connectivity index (χ0n) is 9.31. The van der Waals surface area contributed by atoms with Crippen LogP contribution >= 0.6 is 11.3 Å². The first-order chi connectivity index (χ1) is 7.79. The van der Waals surface area contributed by atoms with Crippen LogP contribution in [-0.2, 0) is 0 Å². The number of anilines is 1. The van der Waals surface area contributed by atoms with Crippen molar-refractivity contribution < 1.29 is 4.74 Å². The number of ether oxygens (including phenoxy) is 1. The van der Waals surface area contributed by atoms with E-state index in [1.54, 1.807) is 24.6 Å². The van der Waals surface area contributed by atoms with Crippen molar-refractivity contribution in [3.63, 3.8) is 0 Å². The fourth-order valence-electron chi connectivity index (χ4n) is 1.42. The van der Waals surface area contributed by atoms with E-state index < -0.39 is 0 Å². The molecule has 4 heteroatoms. The molecule has 2 rings (SSSR count). The van der Waals surface area contributed by atoms with Crippen LogP contribution < -0.4 is 10.1 Å². The minimum atomic E-state index is 0.279.